The van der Waals surface area contributed by atoms with Gasteiger partial charge in [0, 0.05) is 0 Å². The van der Waals surface area contributed by atoms with E-state index in [4.69, 9.17) is 10.5 Å². The molecule has 3 heteroatoms. The number of esters is 1. The highest BCUT2D eigenvalue weighted by Gasteiger charge is 2.45. The highest BCUT2D eigenvalue weighted by Crippen LogP contribution is 2.55. The van der Waals surface area contributed by atoms with E-state index >= 15 is 0 Å². The smallest absolute Gasteiger partial charge is 0.307 e. The molecule has 2 saturated carbocycles. The summed E-state index contributed by atoms with van der Waals surface area (Å²) >= 11 is 0. The van der Waals surface area contributed by atoms with Crippen LogP contribution in [-0.2, 0) is 9.53 Å². The highest BCUT2D eigenvalue weighted by molar-refractivity contribution is 5.70. The van der Waals surface area contributed by atoms with Crippen LogP contribution in [0.1, 0.15) is 38.5 Å². The second-order valence-electron chi connectivity index (χ2n) is 4.51. The van der Waals surface area contributed by atoms with Crippen molar-refractivity contribution in [3.8, 4) is 0 Å². The number of fused-ring (bicyclic) bond motifs is 2. The third-order valence-electron chi connectivity index (χ3n) is 3.65. The van der Waals surface area contributed by atoms with Crippen molar-refractivity contribution >= 4 is 5.97 Å². The van der Waals surface area contributed by atoms with Gasteiger partial charge in [0.1, 0.15) is 6.73 Å². The van der Waals surface area contributed by atoms with Crippen molar-refractivity contribution < 1.29 is 9.53 Å². The van der Waals surface area contributed by atoms with Crippen LogP contribution in [0, 0.1) is 11.3 Å². The molecule has 0 radical (unpaired) electrons. The minimum atomic E-state index is -0.106. The summed E-state index contributed by atoms with van der Waals surface area (Å²) in [4.78, 5) is 11.3. The van der Waals surface area contributed by atoms with Crippen molar-refractivity contribution in [2.75, 3.05) is 6.73 Å². The van der Waals surface area contributed by atoms with Crippen molar-refractivity contribution in [1.29, 1.82) is 0 Å². The lowest BCUT2D eigenvalue weighted by atomic mass is 9.81. The topological polar surface area (TPSA) is 52.3 Å². The van der Waals surface area contributed by atoms with Crippen LogP contribution in [0.2, 0.25) is 0 Å². The molecule has 0 aromatic heterocycles. The van der Waals surface area contributed by atoms with E-state index in [1.807, 2.05) is 0 Å². The predicted molar refractivity (Wildman–Crippen MR) is 48.8 cm³/mol. The summed E-state index contributed by atoms with van der Waals surface area (Å²) in [6.07, 6.45) is 6.91. The Morgan fingerprint density at radius 2 is 2.15 bits per heavy atom. The van der Waals surface area contributed by atoms with Gasteiger partial charge in [0.15, 0.2) is 0 Å². The van der Waals surface area contributed by atoms with E-state index in [1.165, 1.54) is 32.1 Å². The molecular formula is C10H17NO2. The first-order valence-electron chi connectivity index (χ1n) is 5.10. The Morgan fingerprint density at radius 1 is 1.46 bits per heavy atom. The van der Waals surface area contributed by atoms with Gasteiger partial charge in [-0.15, -0.1) is 0 Å². The molecule has 2 fully saturated rings. The van der Waals surface area contributed by atoms with E-state index in [2.05, 4.69) is 0 Å². The third kappa shape index (κ3) is 1.70. The normalized spacial score (nSPS) is 36.5. The fourth-order valence-electron chi connectivity index (χ4n) is 3.01. The molecule has 2 N–H and O–H groups in total. The minimum Gasteiger partial charge on any atom is -0.450 e. The molecule has 2 bridgehead atoms. The fraction of sp³-hybridized carbons (Fsp3) is 0.900. The number of nitrogens with two attached hydrogens (primary N) is 1. The van der Waals surface area contributed by atoms with Crippen LogP contribution in [0.3, 0.4) is 0 Å². The molecule has 0 aromatic carbocycles. The van der Waals surface area contributed by atoms with Crippen LogP contribution < -0.4 is 5.73 Å². The van der Waals surface area contributed by atoms with Crippen LogP contribution in [0.5, 0.6) is 0 Å². The van der Waals surface area contributed by atoms with E-state index in [0.717, 1.165) is 5.92 Å². The van der Waals surface area contributed by atoms with Gasteiger partial charge in [0.25, 0.3) is 0 Å². The largest absolute Gasteiger partial charge is 0.450 e. The number of hydrogen-bond donors (Lipinski definition) is 1. The monoisotopic (exact) mass is 183 g/mol. The molecule has 2 aliphatic rings. The van der Waals surface area contributed by atoms with Crippen molar-refractivity contribution in [2.24, 2.45) is 17.1 Å². The van der Waals surface area contributed by atoms with Crippen molar-refractivity contribution in [1.82, 2.24) is 0 Å². The maximum atomic E-state index is 11.3. The maximum Gasteiger partial charge on any atom is 0.307 e. The Morgan fingerprint density at radius 3 is 2.62 bits per heavy atom. The van der Waals surface area contributed by atoms with E-state index in [-0.39, 0.29) is 12.7 Å². The summed E-state index contributed by atoms with van der Waals surface area (Å²) < 4.78 is 4.79. The molecule has 0 amide bonds. The minimum absolute atomic E-state index is 0.0261. The zero-order valence-electron chi connectivity index (χ0n) is 7.92. The van der Waals surface area contributed by atoms with Crippen LogP contribution in [-0.4, -0.2) is 12.7 Å². The van der Waals surface area contributed by atoms with Gasteiger partial charge in [-0.25, -0.2) is 0 Å². The Labute approximate surface area is 78.6 Å². The van der Waals surface area contributed by atoms with Gasteiger partial charge >= 0.3 is 5.97 Å². The molecule has 0 saturated heterocycles. The van der Waals surface area contributed by atoms with Gasteiger partial charge in [0.2, 0.25) is 0 Å². The average molecular weight is 183 g/mol. The first-order chi connectivity index (χ1) is 6.24. The lowest BCUT2D eigenvalue weighted by molar-refractivity contribution is -0.146. The number of carbonyl (C=O) groups is 1. The van der Waals surface area contributed by atoms with Crippen LogP contribution in [0.25, 0.3) is 0 Å². The lowest BCUT2D eigenvalue weighted by Crippen LogP contribution is -2.22. The number of ether oxygens (including phenoxy) is 1. The summed E-state index contributed by atoms with van der Waals surface area (Å²) in [5.74, 6) is 0.788. The predicted octanol–water partition coefficient (Wildman–Crippen LogP) is 1.42. The van der Waals surface area contributed by atoms with Gasteiger partial charge in [-0.2, -0.15) is 0 Å². The summed E-state index contributed by atoms with van der Waals surface area (Å²) in [7, 11) is 0. The zero-order valence-corrected chi connectivity index (χ0v) is 7.92. The average Bonchev–Trinajstić information content (AvgIpc) is 2.63. The van der Waals surface area contributed by atoms with E-state index in [0.29, 0.717) is 11.8 Å². The molecular weight excluding hydrogens is 166 g/mol. The Kier molecular flexibility index (Phi) is 2.28. The van der Waals surface area contributed by atoms with E-state index in [9.17, 15) is 4.79 Å². The molecule has 13 heavy (non-hydrogen) atoms. The van der Waals surface area contributed by atoms with Gasteiger partial charge in [-0.05, 0) is 43.4 Å². The van der Waals surface area contributed by atoms with Gasteiger partial charge in [0.05, 0.1) is 6.42 Å². The molecule has 0 aromatic rings. The van der Waals surface area contributed by atoms with Crippen LogP contribution >= 0.6 is 0 Å². The molecule has 74 valence electrons. The summed E-state index contributed by atoms with van der Waals surface area (Å²) in [5.41, 5.74) is 5.46. The van der Waals surface area contributed by atoms with Crippen molar-refractivity contribution in [3.63, 3.8) is 0 Å². The molecule has 3 nitrogen and oxygen atoms in total. The Balaban J connectivity index is 1.90. The summed E-state index contributed by atoms with van der Waals surface area (Å²) in [5, 5.41) is 0. The van der Waals surface area contributed by atoms with Crippen LogP contribution in [0.4, 0.5) is 0 Å². The maximum absolute atomic E-state index is 11.3. The third-order valence-corrected chi connectivity index (χ3v) is 3.65. The fourth-order valence-corrected chi connectivity index (χ4v) is 3.01. The highest BCUT2D eigenvalue weighted by atomic mass is 16.5. The lowest BCUT2D eigenvalue weighted by Gasteiger charge is -2.24. The van der Waals surface area contributed by atoms with Crippen LogP contribution in [0.15, 0.2) is 0 Å². The number of rotatable bonds is 3. The zero-order chi connectivity index (χ0) is 9.31. The summed E-state index contributed by atoms with van der Waals surface area (Å²) in [6.45, 7) is 0.0261. The molecule has 0 spiro atoms. The van der Waals surface area contributed by atoms with E-state index in [1.54, 1.807) is 0 Å². The summed E-state index contributed by atoms with van der Waals surface area (Å²) in [6, 6.07) is 0. The molecule has 2 rings (SSSR count). The van der Waals surface area contributed by atoms with Gasteiger partial charge in [-0.1, -0.05) is 0 Å². The van der Waals surface area contributed by atoms with E-state index < -0.39 is 0 Å². The van der Waals surface area contributed by atoms with Crippen molar-refractivity contribution in [2.45, 2.75) is 38.5 Å². The molecule has 2 aliphatic carbocycles. The SMILES string of the molecule is NCOC(=O)CC12CCC(CC1)C2. The first kappa shape index (κ1) is 9.00. The van der Waals surface area contributed by atoms with Gasteiger partial charge < -0.3 is 4.74 Å². The number of carbonyl (C=O) groups excluding carboxylic acids is 1. The molecule has 0 aliphatic heterocycles. The Bertz CT molecular complexity index is 207. The number of hydrogen-bond acceptors (Lipinski definition) is 3. The molecule has 0 heterocycles. The van der Waals surface area contributed by atoms with Crippen molar-refractivity contribution in [3.05, 3.63) is 0 Å². The second-order valence-corrected chi connectivity index (χ2v) is 4.51. The quantitative estimate of drug-likeness (QED) is 0.531. The molecule has 0 unspecified atom stereocenters. The first-order valence-corrected chi connectivity index (χ1v) is 5.10. The Hall–Kier alpha value is -0.570. The second kappa shape index (κ2) is 3.29. The molecule has 0 atom stereocenters. The standard InChI is InChI=1S/C10H17NO2/c11-7-13-9(12)6-10-3-1-8(5-10)2-4-10/h8H,1-7,11H2. The van der Waals surface area contributed by atoms with Gasteiger partial charge in [-0.3, -0.25) is 10.5 Å².